The maximum Gasteiger partial charge on any atom is 0.172 e. The Balaban J connectivity index is 1.47. The van der Waals surface area contributed by atoms with Gasteiger partial charge in [0.05, 0.1) is 13.2 Å². The summed E-state index contributed by atoms with van der Waals surface area (Å²) in [4.78, 5) is 12.5. The van der Waals surface area contributed by atoms with Gasteiger partial charge < -0.3 is 9.47 Å². The maximum absolute atomic E-state index is 12.5. The smallest absolute Gasteiger partial charge is 0.172 e. The maximum atomic E-state index is 12.5. The third kappa shape index (κ3) is 2.00. The van der Waals surface area contributed by atoms with Crippen molar-refractivity contribution in [1.82, 2.24) is 0 Å². The molecule has 1 saturated heterocycles. The van der Waals surface area contributed by atoms with E-state index < -0.39 is 0 Å². The molecule has 3 fully saturated rings. The van der Waals surface area contributed by atoms with Crippen LogP contribution >= 0.6 is 0 Å². The molecular weight excluding hydrogens is 300 g/mol. The van der Waals surface area contributed by atoms with E-state index in [1.54, 1.807) is 11.1 Å². The summed E-state index contributed by atoms with van der Waals surface area (Å²) >= 11 is 0. The van der Waals surface area contributed by atoms with Gasteiger partial charge in [-0.1, -0.05) is 25.0 Å². The quantitative estimate of drug-likeness (QED) is 0.623. The molecule has 24 heavy (non-hydrogen) atoms. The Morgan fingerprint density at radius 2 is 1.88 bits per heavy atom. The molecule has 0 amide bonds. The van der Waals surface area contributed by atoms with Crippen molar-refractivity contribution in [2.45, 2.75) is 71.0 Å². The van der Waals surface area contributed by atoms with E-state index in [9.17, 15) is 4.79 Å². The zero-order valence-corrected chi connectivity index (χ0v) is 15.1. The molecule has 1 aliphatic heterocycles. The highest BCUT2D eigenvalue weighted by atomic mass is 16.7. The number of Topliss-reactive ketones (excluding diaryl/α,β-unsaturated/α-hetero) is 1. The van der Waals surface area contributed by atoms with Crippen molar-refractivity contribution in [1.29, 1.82) is 0 Å². The molecule has 4 aliphatic carbocycles. The van der Waals surface area contributed by atoms with Crippen LogP contribution in [0.25, 0.3) is 0 Å². The van der Waals surface area contributed by atoms with Crippen LogP contribution in [-0.4, -0.2) is 24.8 Å². The molecule has 0 N–H and O–H groups in total. The third-order valence-corrected chi connectivity index (χ3v) is 8.24. The third-order valence-electron chi connectivity index (χ3n) is 8.24. The molecule has 1 heterocycles. The molecule has 1 spiro atoms. The van der Waals surface area contributed by atoms with E-state index in [0.717, 1.165) is 63.6 Å². The summed E-state index contributed by atoms with van der Waals surface area (Å²) in [5, 5.41) is 0. The van der Waals surface area contributed by atoms with Gasteiger partial charge in [0.1, 0.15) is 5.78 Å². The Kier molecular flexibility index (Phi) is 3.35. The average molecular weight is 330 g/mol. The monoisotopic (exact) mass is 330 g/mol. The molecule has 0 aromatic rings. The zero-order valence-electron chi connectivity index (χ0n) is 15.1. The Bertz CT molecular complexity index is 600. The number of ketones is 1. The standard InChI is InChI=1S/C21H30O3/c1-13-11-14-12-21(23-9-10-24-21)8-6-15(14)16-5-7-20(2)17(19(13)16)3-4-18(20)22/h13,16-17,19H,3-12H2,1-2H3/t13?,16-,17+,19-,20+/m1/s1. The summed E-state index contributed by atoms with van der Waals surface area (Å²) in [6, 6.07) is 0. The number of rotatable bonds is 0. The fourth-order valence-electron chi connectivity index (χ4n) is 7.12. The topological polar surface area (TPSA) is 35.5 Å². The minimum atomic E-state index is -0.294. The number of allylic oxidation sites excluding steroid dienone is 1. The van der Waals surface area contributed by atoms with Crippen molar-refractivity contribution in [3.05, 3.63) is 11.1 Å². The zero-order chi connectivity index (χ0) is 16.5. The van der Waals surface area contributed by atoms with E-state index in [0.29, 0.717) is 17.6 Å². The summed E-state index contributed by atoms with van der Waals surface area (Å²) in [6.07, 6.45) is 8.68. The molecule has 0 bridgehead atoms. The van der Waals surface area contributed by atoms with Gasteiger partial charge in [0, 0.05) is 24.7 Å². The molecule has 5 rings (SSSR count). The Morgan fingerprint density at radius 1 is 1.08 bits per heavy atom. The van der Waals surface area contributed by atoms with Crippen LogP contribution in [0.3, 0.4) is 0 Å². The number of ether oxygens (including phenoxy) is 2. The van der Waals surface area contributed by atoms with Gasteiger partial charge in [-0.3, -0.25) is 4.79 Å². The van der Waals surface area contributed by atoms with E-state index in [2.05, 4.69) is 13.8 Å². The van der Waals surface area contributed by atoms with Crippen LogP contribution in [0.4, 0.5) is 0 Å². The number of hydrogen-bond acceptors (Lipinski definition) is 3. The van der Waals surface area contributed by atoms with Gasteiger partial charge in [0.25, 0.3) is 0 Å². The fourth-order valence-corrected chi connectivity index (χ4v) is 7.12. The second kappa shape index (κ2) is 5.17. The Labute approximate surface area is 145 Å². The molecule has 5 aliphatic rings. The van der Waals surface area contributed by atoms with E-state index in [4.69, 9.17) is 9.47 Å². The van der Waals surface area contributed by atoms with Crippen LogP contribution in [-0.2, 0) is 14.3 Å². The molecule has 2 saturated carbocycles. The highest BCUT2D eigenvalue weighted by Crippen LogP contribution is 2.62. The second-order valence-electron chi connectivity index (χ2n) is 9.30. The molecule has 3 nitrogen and oxygen atoms in total. The molecular formula is C21H30O3. The molecule has 1 unspecified atom stereocenters. The SMILES string of the molecule is CC1CC2=C(CCC3(C2)OCCO3)[C@H]2CC[C@]3(C)C(=O)CC[C@H]3[C@H]12. The fraction of sp³-hybridized carbons (Fsp3) is 0.857. The Hall–Kier alpha value is -0.670. The normalized spacial score (nSPS) is 46.8. The highest BCUT2D eigenvalue weighted by Gasteiger charge is 2.57. The van der Waals surface area contributed by atoms with E-state index in [1.807, 2.05) is 0 Å². The summed E-state index contributed by atoms with van der Waals surface area (Å²) < 4.78 is 12.0. The first-order valence-corrected chi connectivity index (χ1v) is 10.0. The average Bonchev–Trinajstić information content (AvgIpc) is 3.12. The number of carbonyl (C=O) groups excluding carboxylic acids is 1. The summed E-state index contributed by atoms with van der Waals surface area (Å²) in [6.45, 7) is 6.23. The molecule has 5 atom stereocenters. The lowest BCUT2D eigenvalue weighted by Gasteiger charge is -2.53. The predicted molar refractivity (Wildman–Crippen MR) is 91.3 cm³/mol. The van der Waals surface area contributed by atoms with Crippen molar-refractivity contribution < 1.29 is 14.3 Å². The predicted octanol–water partition coefficient (Wildman–Crippen LogP) is 4.26. The van der Waals surface area contributed by atoms with E-state index >= 15 is 0 Å². The van der Waals surface area contributed by atoms with Crippen LogP contribution in [0.15, 0.2) is 11.1 Å². The van der Waals surface area contributed by atoms with Crippen LogP contribution in [0, 0.1) is 29.1 Å². The van der Waals surface area contributed by atoms with E-state index in [-0.39, 0.29) is 11.2 Å². The molecule has 132 valence electrons. The second-order valence-corrected chi connectivity index (χ2v) is 9.30. The first-order valence-electron chi connectivity index (χ1n) is 10.0. The van der Waals surface area contributed by atoms with E-state index in [1.165, 1.54) is 12.8 Å². The molecule has 3 heteroatoms. The van der Waals surface area contributed by atoms with Crippen molar-refractivity contribution in [2.75, 3.05) is 13.2 Å². The molecule has 0 aromatic carbocycles. The first-order chi connectivity index (χ1) is 11.5. The highest BCUT2D eigenvalue weighted by molar-refractivity contribution is 5.87. The van der Waals surface area contributed by atoms with Gasteiger partial charge in [0.15, 0.2) is 5.79 Å². The van der Waals surface area contributed by atoms with Gasteiger partial charge >= 0.3 is 0 Å². The van der Waals surface area contributed by atoms with Crippen molar-refractivity contribution in [3.63, 3.8) is 0 Å². The minimum absolute atomic E-state index is 0.0128. The molecule has 0 radical (unpaired) electrons. The van der Waals surface area contributed by atoms with Crippen molar-refractivity contribution in [3.8, 4) is 0 Å². The lowest BCUT2D eigenvalue weighted by atomic mass is 9.51. The van der Waals surface area contributed by atoms with Gasteiger partial charge in [-0.15, -0.1) is 0 Å². The van der Waals surface area contributed by atoms with Gasteiger partial charge in [-0.05, 0) is 55.8 Å². The van der Waals surface area contributed by atoms with Crippen LogP contribution in [0.2, 0.25) is 0 Å². The molecule has 0 aromatic heterocycles. The summed E-state index contributed by atoms with van der Waals surface area (Å²) in [5.41, 5.74) is 3.37. The summed E-state index contributed by atoms with van der Waals surface area (Å²) in [5.74, 6) is 3.04. The van der Waals surface area contributed by atoms with Gasteiger partial charge in [-0.2, -0.15) is 0 Å². The van der Waals surface area contributed by atoms with Crippen molar-refractivity contribution >= 4 is 5.78 Å². The van der Waals surface area contributed by atoms with Gasteiger partial charge in [0.2, 0.25) is 0 Å². The van der Waals surface area contributed by atoms with Crippen LogP contribution in [0.1, 0.15) is 65.2 Å². The van der Waals surface area contributed by atoms with Crippen LogP contribution < -0.4 is 0 Å². The number of carbonyl (C=O) groups is 1. The largest absolute Gasteiger partial charge is 0.347 e. The number of hydrogen-bond donors (Lipinski definition) is 0. The lowest BCUT2D eigenvalue weighted by molar-refractivity contribution is -0.166. The minimum Gasteiger partial charge on any atom is -0.347 e. The summed E-state index contributed by atoms with van der Waals surface area (Å²) in [7, 11) is 0. The van der Waals surface area contributed by atoms with Crippen LogP contribution in [0.5, 0.6) is 0 Å². The first kappa shape index (κ1) is 15.6. The number of fused-ring (bicyclic) bond motifs is 4. The Morgan fingerprint density at radius 3 is 2.67 bits per heavy atom. The van der Waals surface area contributed by atoms with Crippen molar-refractivity contribution in [2.24, 2.45) is 29.1 Å². The van der Waals surface area contributed by atoms with Gasteiger partial charge in [-0.25, -0.2) is 0 Å². The lowest BCUT2D eigenvalue weighted by Crippen LogP contribution is -2.48.